The summed E-state index contributed by atoms with van der Waals surface area (Å²) in [4.78, 5) is 24.2. The highest BCUT2D eigenvalue weighted by Crippen LogP contribution is 2.05. The normalized spacial score (nSPS) is 13.5. The van der Waals surface area contributed by atoms with Crippen LogP contribution in [0.1, 0.15) is 33.3 Å². The first-order chi connectivity index (χ1) is 11.3. The summed E-state index contributed by atoms with van der Waals surface area (Å²) in [7, 11) is 0. The summed E-state index contributed by atoms with van der Waals surface area (Å²) in [6.45, 7) is 8.26. The molecular formula is C18H29N3O3. The van der Waals surface area contributed by atoms with Gasteiger partial charge in [0.15, 0.2) is 0 Å². The third-order valence-electron chi connectivity index (χ3n) is 3.80. The van der Waals surface area contributed by atoms with Crippen molar-refractivity contribution in [3.8, 4) is 0 Å². The summed E-state index contributed by atoms with van der Waals surface area (Å²) in [6.07, 6.45) is -0.610. The fourth-order valence-corrected chi connectivity index (χ4v) is 1.99. The first kappa shape index (κ1) is 20.0. The Bertz CT molecular complexity index is 518. The second-order valence-corrected chi connectivity index (χ2v) is 6.58. The van der Waals surface area contributed by atoms with Gasteiger partial charge in [0, 0.05) is 12.6 Å². The molecule has 4 N–H and O–H groups in total. The van der Waals surface area contributed by atoms with Gasteiger partial charge < -0.3 is 21.1 Å². The lowest BCUT2D eigenvalue weighted by Crippen LogP contribution is -2.52. The molecular weight excluding hydrogens is 306 g/mol. The fraction of sp³-hybridized carbons (Fsp3) is 0.556. The topological polar surface area (TPSA) is 93.4 Å². The number of carbonyl (C=O) groups excluding carboxylic acids is 2. The average Bonchev–Trinajstić information content (AvgIpc) is 2.55. The molecule has 0 heterocycles. The van der Waals surface area contributed by atoms with Crippen molar-refractivity contribution >= 4 is 12.0 Å². The zero-order valence-electron chi connectivity index (χ0n) is 14.9. The van der Waals surface area contributed by atoms with Gasteiger partial charge in [0.05, 0.1) is 0 Å². The number of nitrogens with two attached hydrogens (primary N) is 1. The molecule has 0 aliphatic heterocycles. The Hall–Kier alpha value is -2.08. The monoisotopic (exact) mass is 335 g/mol. The number of carbonyl (C=O) groups is 2. The molecule has 0 saturated heterocycles. The van der Waals surface area contributed by atoms with E-state index in [2.05, 4.69) is 10.6 Å². The van der Waals surface area contributed by atoms with Crippen LogP contribution < -0.4 is 16.4 Å². The van der Waals surface area contributed by atoms with Gasteiger partial charge in [-0.2, -0.15) is 0 Å². The van der Waals surface area contributed by atoms with Gasteiger partial charge in [0.25, 0.3) is 0 Å². The molecule has 0 radical (unpaired) electrons. The highest BCUT2D eigenvalue weighted by molar-refractivity contribution is 5.85. The zero-order valence-corrected chi connectivity index (χ0v) is 14.9. The van der Waals surface area contributed by atoms with Crippen molar-refractivity contribution in [2.75, 3.05) is 6.54 Å². The maximum atomic E-state index is 12.3. The van der Waals surface area contributed by atoms with Crippen LogP contribution in [0.4, 0.5) is 4.79 Å². The maximum Gasteiger partial charge on any atom is 0.408 e. The van der Waals surface area contributed by atoms with Crippen LogP contribution in [0.2, 0.25) is 0 Å². The number of nitrogens with one attached hydrogen (secondary N) is 2. The number of alkyl carbamates (subject to hydrolysis) is 1. The lowest BCUT2D eigenvalue weighted by molar-refractivity contribution is -0.124. The molecule has 0 fully saturated rings. The van der Waals surface area contributed by atoms with Crippen LogP contribution in [-0.4, -0.2) is 30.6 Å². The Morgan fingerprint density at radius 1 is 1.08 bits per heavy atom. The Morgan fingerprint density at radius 3 is 2.25 bits per heavy atom. The van der Waals surface area contributed by atoms with Gasteiger partial charge in [-0.1, -0.05) is 58.0 Å². The van der Waals surface area contributed by atoms with Crippen molar-refractivity contribution in [1.29, 1.82) is 0 Å². The summed E-state index contributed by atoms with van der Waals surface area (Å²) >= 11 is 0. The first-order valence-corrected chi connectivity index (χ1v) is 8.31. The molecule has 1 aromatic rings. The van der Waals surface area contributed by atoms with Crippen LogP contribution in [0.3, 0.4) is 0 Å². The molecule has 24 heavy (non-hydrogen) atoms. The van der Waals surface area contributed by atoms with Crippen molar-refractivity contribution in [2.45, 2.75) is 46.4 Å². The second kappa shape index (κ2) is 9.93. The zero-order chi connectivity index (χ0) is 18.1. The molecule has 0 unspecified atom stereocenters. The molecule has 6 nitrogen and oxygen atoms in total. The quantitative estimate of drug-likeness (QED) is 0.678. The van der Waals surface area contributed by atoms with Crippen LogP contribution in [0.25, 0.3) is 0 Å². The van der Waals surface area contributed by atoms with Crippen molar-refractivity contribution in [3.05, 3.63) is 35.9 Å². The van der Waals surface area contributed by atoms with Crippen molar-refractivity contribution in [3.63, 3.8) is 0 Å². The van der Waals surface area contributed by atoms with Crippen molar-refractivity contribution in [1.82, 2.24) is 10.6 Å². The molecule has 1 rings (SSSR count). The number of ether oxygens (including phenoxy) is 1. The number of rotatable bonds is 8. The maximum absolute atomic E-state index is 12.3. The lowest BCUT2D eigenvalue weighted by atomic mass is 10.0. The van der Waals surface area contributed by atoms with E-state index >= 15 is 0 Å². The van der Waals surface area contributed by atoms with Crippen molar-refractivity contribution < 1.29 is 14.3 Å². The van der Waals surface area contributed by atoms with E-state index in [0.717, 1.165) is 5.56 Å². The predicted octanol–water partition coefficient (Wildman–Crippen LogP) is 2.04. The van der Waals surface area contributed by atoms with Gasteiger partial charge in [-0.3, -0.25) is 4.79 Å². The van der Waals surface area contributed by atoms with E-state index in [0.29, 0.717) is 6.54 Å². The Morgan fingerprint density at radius 2 is 1.71 bits per heavy atom. The van der Waals surface area contributed by atoms with E-state index < -0.39 is 12.1 Å². The minimum Gasteiger partial charge on any atom is -0.445 e. The minimum atomic E-state index is -0.660. The van der Waals surface area contributed by atoms with Crippen molar-refractivity contribution in [2.24, 2.45) is 17.6 Å². The lowest BCUT2D eigenvalue weighted by Gasteiger charge is -2.23. The molecule has 0 aromatic heterocycles. The number of amides is 2. The molecule has 1 aromatic carbocycles. The molecule has 0 spiro atoms. The van der Waals surface area contributed by atoms with Crippen LogP contribution in [0.5, 0.6) is 0 Å². The SMILES string of the molecule is CC(C)[C@H](NC(=O)OCc1ccccc1)C(=O)NC[C@H](N)C(C)C. The third kappa shape index (κ3) is 7.00. The van der Waals surface area contributed by atoms with E-state index in [1.807, 2.05) is 58.0 Å². The van der Waals surface area contributed by atoms with Crippen LogP contribution >= 0.6 is 0 Å². The highest BCUT2D eigenvalue weighted by Gasteiger charge is 2.25. The molecule has 6 heteroatoms. The molecule has 0 aliphatic rings. The average molecular weight is 335 g/mol. The number of benzene rings is 1. The standard InChI is InChI=1S/C18H29N3O3/c1-12(2)15(19)10-20-17(22)16(13(3)4)21-18(23)24-11-14-8-6-5-7-9-14/h5-9,12-13,15-16H,10-11,19H2,1-4H3,(H,20,22)(H,21,23)/t15-,16-/m0/s1. The van der Waals surface area contributed by atoms with E-state index in [4.69, 9.17) is 10.5 Å². The Labute approximate surface area is 144 Å². The highest BCUT2D eigenvalue weighted by atomic mass is 16.5. The summed E-state index contributed by atoms with van der Waals surface area (Å²) < 4.78 is 5.17. The Balaban J connectivity index is 2.49. The molecule has 2 atom stereocenters. The van der Waals surface area contributed by atoms with E-state index in [1.54, 1.807) is 0 Å². The van der Waals surface area contributed by atoms with Gasteiger partial charge >= 0.3 is 6.09 Å². The minimum absolute atomic E-state index is 0.0652. The van der Waals surface area contributed by atoms with E-state index in [-0.39, 0.29) is 30.4 Å². The predicted molar refractivity (Wildman–Crippen MR) is 94.2 cm³/mol. The molecule has 0 bridgehead atoms. The molecule has 0 saturated carbocycles. The summed E-state index contributed by atoms with van der Waals surface area (Å²) in [5.74, 6) is -0.0473. The summed E-state index contributed by atoms with van der Waals surface area (Å²) in [5, 5.41) is 5.42. The summed E-state index contributed by atoms with van der Waals surface area (Å²) in [6, 6.07) is 8.60. The smallest absolute Gasteiger partial charge is 0.408 e. The number of hydrogen-bond donors (Lipinski definition) is 3. The van der Waals surface area contributed by atoms with Crippen LogP contribution in [0.15, 0.2) is 30.3 Å². The second-order valence-electron chi connectivity index (χ2n) is 6.58. The third-order valence-corrected chi connectivity index (χ3v) is 3.80. The summed E-state index contributed by atoms with van der Waals surface area (Å²) in [5.41, 5.74) is 6.82. The van der Waals surface area contributed by atoms with Crippen LogP contribution in [-0.2, 0) is 16.1 Å². The van der Waals surface area contributed by atoms with E-state index in [1.165, 1.54) is 0 Å². The number of hydrogen-bond acceptors (Lipinski definition) is 4. The first-order valence-electron chi connectivity index (χ1n) is 8.31. The molecule has 134 valence electrons. The molecule has 0 aliphatic carbocycles. The van der Waals surface area contributed by atoms with Gasteiger partial charge in [0.2, 0.25) is 5.91 Å². The fourth-order valence-electron chi connectivity index (χ4n) is 1.99. The van der Waals surface area contributed by atoms with Crippen LogP contribution in [0, 0.1) is 11.8 Å². The largest absolute Gasteiger partial charge is 0.445 e. The van der Waals surface area contributed by atoms with E-state index in [9.17, 15) is 9.59 Å². The van der Waals surface area contributed by atoms with Gasteiger partial charge in [-0.15, -0.1) is 0 Å². The van der Waals surface area contributed by atoms with Gasteiger partial charge in [-0.05, 0) is 17.4 Å². The van der Waals surface area contributed by atoms with Gasteiger partial charge in [-0.25, -0.2) is 4.79 Å². The van der Waals surface area contributed by atoms with Gasteiger partial charge in [0.1, 0.15) is 12.6 Å². The Kier molecular flexibility index (Phi) is 8.26. The molecule has 2 amide bonds.